The van der Waals surface area contributed by atoms with Crippen LogP contribution in [-0.2, 0) is 38.0 Å². The highest BCUT2D eigenvalue weighted by molar-refractivity contribution is 5.79. The van der Waals surface area contributed by atoms with Gasteiger partial charge in [-0.2, -0.15) is 0 Å². The minimum Gasteiger partial charge on any atom is -0.379 e. The Kier molecular flexibility index (Phi) is 21.3. The van der Waals surface area contributed by atoms with Gasteiger partial charge < -0.3 is 33.7 Å². The van der Waals surface area contributed by atoms with Gasteiger partial charge in [-0.3, -0.25) is 9.59 Å². The van der Waals surface area contributed by atoms with Crippen LogP contribution in [0.5, 0.6) is 0 Å². The predicted molar refractivity (Wildman–Crippen MR) is 104 cm³/mol. The topological polar surface area (TPSA) is 102 Å². The van der Waals surface area contributed by atoms with Crippen molar-refractivity contribution in [3.8, 4) is 0 Å². The second-order valence-electron chi connectivity index (χ2n) is 5.80. The lowest BCUT2D eigenvalue weighted by molar-refractivity contribution is -0.127. The summed E-state index contributed by atoms with van der Waals surface area (Å²) in [5.74, 6) is -0.136. The monoisotopic (exact) mass is 407 g/mol. The van der Waals surface area contributed by atoms with Gasteiger partial charge >= 0.3 is 0 Å². The zero-order valence-corrected chi connectivity index (χ0v) is 17.4. The summed E-state index contributed by atoms with van der Waals surface area (Å²) >= 11 is 0. The van der Waals surface area contributed by atoms with Crippen molar-refractivity contribution in [1.82, 2.24) is 5.32 Å². The smallest absolute Gasteiger partial charge is 0.246 e. The van der Waals surface area contributed by atoms with Crippen LogP contribution in [0.1, 0.15) is 26.7 Å². The van der Waals surface area contributed by atoms with E-state index in [2.05, 4.69) is 12.2 Å². The van der Waals surface area contributed by atoms with Crippen molar-refractivity contribution in [2.24, 2.45) is 0 Å². The molecule has 1 N–H and O–H groups in total. The second-order valence-corrected chi connectivity index (χ2v) is 5.80. The molecule has 0 rings (SSSR count). The average Bonchev–Trinajstić information content (AvgIpc) is 2.70. The van der Waals surface area contributed by atoms with E-state index in [1.807, 2.05) is 0 Å². The maximum absolute atomic E-state index is 11.5. The molecule has 0 spiro atoms. The minimum absolute atomic E-state index is 0.0170. The Morgan fingerprint density at radius 2 is 1.07 bits per heavy atom. The fraction of sp³-hybridized carbons (Fsp3) is 0.895. The first-order valence-electron chi connectivity index (χ1n) is 9.95. The zero-order valence-electron chi connectivity index (χ0n) is 17.4. The predicted octanol–water partition coefficient (Wildman–Crippen LogP) is 0.591. The summed E-state index contributed by atoms with van der Waals surface area (Å²) in [6.07, 6.45) is 1.48. The summed E-state index contributed by atoms with van der Waals surface area (Å²) in [6.45, 7) is 9.16. The van der Waals surface area contributed by atoms with Gasteiger partial charge in [0.25, 0.3) is 0 Å². The van der Waals surface area contributed by atoms with Crippen molar-refractivity contribution in [3.05, 3.63) is 0 Å². The third-order valence-electron chi connectivity index (χ3n) is 3.30. The molecule has 0 heterocycles. The number of carbonyl (C=O) groups excluding carboxylic acids is 2. The van der Waals surface area contributed by atoms with Crippen LogP contribution < -0.4 is 5.32 Å². The molecule has 1 amide bonds. The van der Waals surface area contributed by atoms with Crippen LogP contribution >= 0.6 is 0 Å². The summed E-state index contributed by atoms with van der Waals surface area (Å²) in [5, 5.41) is 2.68. The fourth-order valence-corrected chi connectivity index (χ4v) is 1.79. The largest absolute Gasteiger partial charge is 0.379 e. The first kappa shape index (κ1) is 26.9. The maximum atomic E-state index is 11.5. The third kappa shape index (κ3) is 21.2. The molecular formula is C19H37NO8. The van der Waals surface area contributed by atoms with Gasteiger partial charge in [-0.25, -0.2) is 0 Å². The highest BCUT2D eigenvalue weighted by Gasteiger charge is 2.01. The van der Waals surface area contributed by atoms with Gasteiger partial charge in [0.15, 0.2) is 5.78 Å². The molecule has 0 aliphatic carbocycles. The molecule has 166 valence electrons. The quantitative estimate of drug-likeness (QED) is 0.260. The Labute approximate surface area is 168 Å². The molecule has 0 atom stereocenters. The molecule has 0 radical (unpaired) electrons. The van der Waals surface area contributed by atoms with Crippen molar-refractivity contribution in [2.75, 3.05) is 85.8 Å². The second kappa shape index (κ2) is 22.2. The lowest BCUT2D eigenvalue weighted by Gasteiger charge is -2.08. The molecule has 9 nitrogen and oxygen atoms in total. The number of carbonyl (C=O) groups is 2. The van der Waals surface area contributed by atoms with Gasteiger partial charge in [-0.1, -0.05) is 13.8 Å². The van der Waals surface area contributed by atoms with Crippen LogP contribution in [0.25, 0.3) is 0 Å². The van der Waals surface area contributed by atoms with Crippen LogP contribution in [0.2, 0.25) is 0 Å². The van der Waals surface area contributed by atoms with Gasteiger partial charge in [0.05, 0.1) is 59.5 Å². The molecule has 0 aromatic heterocycles. The van der Waals surface area contributed by atoms with E-state index in [-0.39, 0.29) is 24.9 Å². The van der Waals surface area contributed by atoms with E-state index in [4.69, 9.17) is 28.4 Å². The number of hydrogen-bond donors (Lipinski definition) is 1. The molecule has 0 unspecified atom stereocenters. The molecule has 0 aliphatic rings. The van der Waals surface area contributed by atoms with Crippen LogP contribution in [0.4, 0.5) is 0 Å². The molecular weight excluding hydrogens is 370 g/mol. The third-order valence-corrected chi connectivity index (χ3v) is 3.30. The molecule has 0 fully saturated rings. The maximum Gasteiger partial charge on any atom is 0.246 e. The van der Waals surface area contributed by atoms with Gasteiger partial charge in [-0.05, 0) is 6.42 Å². The van der Waals surface area contributed by atoms with Crippen LogP contribution in [0, 0.1) is 0 Å². The number of ketones is 1. The highest BCUT2D eigenvalue weighted by Crippen LogP contribution is 1.85. The van der Waals surface area contributed by atoms with Crippen molar-refractivity contribution in [1.29, 1.82) is 0 Å². The van der Waals surface area contributed by atoms with Gasteiger partial charge in [0.1, 0.15) is 13.2 Å². The number of amides is 1. The first-order valence-corrected chi connectivity index (χ1v) is 9.95. The average molecular weight is 408 g/mol. The molecule has 28 heavy (non-hydrogen) atoms. The Morgan fingerprint density at radius 1 is 0.607 bits per heavy atom. The lowest BCUT2D eigenvalue weighted by atomic mass is 10.3. The van der Waals surface area contributed by atoms with Gasteiger partial charge in [0.2, 0.25) is 5.91 Å². The normalized spacial score (nSPS) is 10.9. The van der Waals surface area contributed by atoms with E-state index < -0.39 is 0 Å². The molecule has 0 bridgehead atoms. The van der Waals surface area contributed by atoms with Crippen molar-refractivity contribution in [2.45, 2.75) is 26.7 Å². The van der Waals surface area contributed by atoms with E-state index in [0.29, 0.717) is 72.4 Å². The summed E-state index contributed by atoms with van der Waals surface area (Å²) in [4.78, 5) is 22.5. The summed E-state index contributed by atoms with van der Waals surface area (Å²) < 4.78 is 31.6. The van der Waals surface area contributed by atoms with E-state index in [9.17, 15) is 9.59 Å². The van der Waals surface area contributed by atoms with Crippen molar-refractivity contribution < 1.29 is 38.0 Å². The molecule has 0 saturated heterocycles. The number of ether oxygens (including phenoxy) is 6. The fourth-order valence-electron chi connectivity index (χ4n) is 1.79. The SMILES string of the molecule is CCCOCCOCCOCCOCC(=O)NCCOCCOCC(=O)CC. The molecule has 0 aromatic rings. The van der Waals surface area contributed by atoms with Crippen molar-refractivity contribution >= 4 is 11.7 Å². The van der Waals surface area contributed by atoms with Crippen LogP contribution in [0.3, 0.4) is 0 Å². The number of nitrogens with one attached hydrogen (secondary N) is 1. The Hall–Kier alpha value is -1.10. The Morgan fingerprint density at radius 3 is 1.61 bits per heavy atom. The van der Waals surface area contributed by atoms with E-state index in [1.165, 1.54) is 0 Å². The highest BCUT2D eigenvalue weighted by atomic mass is 16.6. The summed E-state index contributed by atoms with van der Waals surface area (Å²) in [7, 11) is 0. The van der Waals surface area contributed by atoms with E-state index in [0.717, 1.165) is 13.0 Å². The van der Waals surface area contributed by atoms with Crippen molar-refractivity contribution in [3.63, 3.8) is 0 Å². The summed E-state index contributed by atoms with van der Waals surface area (Å²) in [6, 6.07) is 0. The summed E-state index contributed by atoms with van der Waals surface area (Å²) in [5.41, 5.74) is 0. The number of Topliss-reactive ketones (excluding diaryl/α,β-unsaturated/α-hetero) is 1. The van der Waals surface area contributed by atoms with Gasteiger partial charge in [0, 0.05) is 19.6 Å². The first-order chi connectivity index (χ1) is 13.7. The molecule has 0 saturated carbocycles. The molecule has 9 heteroatoms. The van der Waals surface area contributed by atoms with Gasteiger partial charge in [-0.15, -0.1) is 0 Å². The Balaban J connectivity index is 3.18. The van der Waals surface area contributed by atoms with Crippen LogP contribution in [0.15, 0.2) is 0 Å². The standard InChI is InChI=1S/C19H37NO8/c1-3-6-23-8-9-25-10-11-26-13-15-28-17-19(22)20-5-7-24-12-14-27-16-18(21)4-2/h3-17H2,1-2H3,(H,20,22). The Bertz CT molecular complexity index is 368. The number of hydrogen-bond acceptors (Lipinski definition) is 8. The van der Waals surface area contributed by atoms with Crippen LogP contribution in [-0.4, -0.2) is 97.5 Å². The molecule has 0 aliphatic heterocycles. The lowest BCUT2D eigenvalue weighted by Crippen LogP contribution is -2.31. The minimum atomic E-state index is -0.205. The van der Waals surface area contributed by atoms with E-state index >= 15 is 0 Å². The number of rotatable bonds is 22. The molecule has 0 aromatic carbocycles. The zero-order chi connectivity index (χ0) is 20.7. The van der Waals surface area contributed by atoms with E-state index in [1.54, 1.807) is 6.92 Å².